The third kappa shape index (κ3) is 1.30. The molecule has 0 fully saturated rings. The van der Waals surface area contributed by atoms with Crippen molar-refractivity contribution in [2.45, 2.75) is 6.92 Å². The maximum Gasteiger partial charge on any atom is 0.139 e. The van der Waals surface area contributed by atoms with E-state index in [1.807, 2.05) is 6.08 Å². The van der Waals surface area contributed by atoms with Gasteiger partial charge in [-0.25, -0.2) is 0 Å². The van der Waals surface area contributed by atoms with E-state index in [0.29, 0.717) is 0 Å². The van der Waals surface area contributed by atoms with Crippen LogP contribution in [0.25, 0.3) is 6.08 Å². The van der Waals surface area contributed by atoms with Gasteiger partial charge in [-0.3, -0.25) is 0 Å². The van der Waals surface area contributed by atoms with Gasteiger partial charge in [0.25, 0.3) is 0 Å². The second-order valence-corrected chi connectivity index (χ2v) is 2.56. The molecule has 0 heterocycles. The maximum atomic E-state index is 3.72. The van der Waals surface area contributed by atoms with Gasteiger partial charge in [0.05, 0.1) is 0 Å². The second-order valence-electron chi connectivity index (χ2n) is 2.56. The van der Waals surface area contributed by atoms with Crippen LogP contribution in [0.1, 0.15) is 11.1 Å². The van der Waals surface area contributed by atoms with Gasteiger partial charge in [-0.05, 0) is 18.1 Å². The van der Waals surface area contributed by atoms with Crippen LogP contribution in [0.3, 0.4) is 0 Å². The van der Waals surface area contributed by atoms with Crippen molar-refractivity contribution in [3.63, 3.8) is 0 Å². The fourth-order valence-electron chi connectivity index (χ4n) is 1.05. The first-order valence-electron chi connectivity index (χ1n) is 3.43. The summed E-state index contributed by atoms with van der Waals surface area (Å²) in [4.78, 5) is 0. The van der Waals surface area contributed by atoms with Crippen LogP contribution in [0.5, 0.6) is 0 Å². The van der Waals surface area contributed by atoms with Crippen molar-refractivity contribution in [3.8, 4) is 0 Å². The smallest absolute Gasteiger partial charge is 0.0985 e. The van der Waals surface area contributed by atoms with E-state index in [1.54, 1.807) is 0 Å². The van der Waals surface area contributed by atoms with E-state index in [4.69, 9.17) is 0 Å². The van der Waals surface area contributed by atoms with Crippen molar-refractivity contribution >= 4 is 19.4 Å². The highest BCUT2D eigenvalue weighted by atomic mass is 13.9. The Bertz CT molecular complexity index is 251. The van der Waals surface area contributed by atoms with Crippen LogP contribution in [0.15, 0.2) is 24.8 Å². The normalized spacial score (nSPS) is 9.30. The number of hydrogen-bond acceptors (Lipinski definition) is 0. The lowest BCUT2D eigenvalue weighted by Crippen LogP contribution is -2.01. The molecule has 0 atom stereocenters. The zero-order chi connectivity index (χ0) is 7.56. The number of benzene rings is 1. The van der Waals surface area contributed by atoms with Crippen molar-refractivity contribution in [2.24, 2.45) is 0 Å². The molecule has 1 rings (SSSR count). The molecule has 0 aromatic heterocycles. The average Bonchev–Trinajstić information content (AvgIpc) is 1.88. The molecule has 0 amide bonds. The Hall–Kier alpha value is -0.975. The highest BCUT2D eigenvalue weighted by Crippen LogP contribution is 2.05. The summed E-state index contributed by atoms with van der Waals surface area (Å²) < 4.78 is 0. The Kier molecular flexibility index (Phi) is 1.95. The lowest BCUT2D eigenvalue weighted by atomic mass is 9.92. The second kappa shape index (κ2) is 2.74. The van der Waals surface area contributed by atoms with E-state index in [2.05, 4.69) is 39.5 Å². The molecule has 0 radical (unpaired) electrons. The third-order valence-electron chi connectivity index (χ3n) is 1.65. The molecule has 0 saturated carbocycles. The first-order valence-corrected chi connectivity index (χ1v) is 3.43. The standard InChI is InChI=1S/C9H11B/c1-3-8-4-5-9(10)6-7(8)2/h3-6H,1,10H2,2H3. The fourth-order valence-corrected chi connectivity index (χ4v) is 1.05. The molecule has 50 valence electrons. The summed E-state index contributed by atoms with van der Waals surface area (Å²) in [6.07, 6.45) is 1.88. The molecule has 0 N–H and O–H groups in total. The summed E-state index contributed by atoms with van der Waals surface area (Å²) in [6.45, 7) is 5.82. The highest BCUT2D eigenvalue weighted by Gasteiger charge is 1.91. The van der Waals surface area contributed by atoms with E-state index < -0.39 is 0 Å². The molecule has 0 unspecified atom stereocenters. The minimum atomic E-state index is 1.23. The van der Waals surface area contributed by atoms with Crippen LogP contribution in [-0.2, 0) is 0 Å². The predicted molar refractivity (Wildman–Crippen MR) is 49.4 cm³/mol. The van der Waals surface area contributed by atoms with Crippen LogP contribution < -0.4 is 5.46 Å². The van der Waals surface area contributed by atoms with Crippen LogP contribution in [0.4, 0.5) is 0 Å². The molecule has 0 bridgehead atoms. The molecule has 0 aliphatic rings. The minimum Gasteiger partial charge on any atom is -0.0985 e. The van der Waals surface area contributed by atoms with Gasteiger partial charge in [0.15, 0.2) is 0 Å². The summed E-state index contributed by atoms with van der Waals surface area (Å²) in [5.74, 6) is 0. The van der Waals surface area contributed by atoms with E-state index in [9.17, 15) is 0 Å². The van der Waals surface area contributed by atoms with Gasteiger partial charge in [0.1, 0.15) is 7.85 Å². The summed E-state index contributed by atoms with van der Waals surface area (Å²) >= 11 is 0. The van der Waals surface area contributed by atoms with Crippen molar-refractivity contribution < 1.29 is 0 Å². The fraction of sp³-hybridized carbons (Fsp3) is 0.111. The zero-order valence-electron chi connectivity index (χ0n) is 6.52. The number of hydrogen-bond donors (Lipinski definition) is 0. The first-order chi connectivity index (χ1) is 4.74. The Morgan fingerprint density at radius 1 is 1.50 bits per heavy atom. The van der Waals surface area contributed by atoms with Gasteiger partial charge >= 0.3 is 0 Å². The molecular formula is C9H11B. The lowest BCUT2D eigenvalue weighted by Gasteiger charge is -1.99. The Morgan fingerprint density at radius 3 is 2.70 bits per heavy atom. The summed E-state index contributed by atoms with van der Waals surface area (Å²) in [7, 11) is 2.10. The quantitative estimate of drug-likeness (QED) is 0.495. The Balaban J connectivity index is 3.19. The molecule has 0 aliphatic carbocycles. The van der Waals surface area contributed by atoms with E-state index >= 15 is 0 Å². The molecule has 1 heteroatoms. The lowest BCUT2D eigenvalue weighted by molar-refractivity contribution is 1.46. The van der Waals surface area contributed by atoms with Gasteiger partial charge in [-0.1, -0.05) is 36.3 Å². The van der Waals surface area contributed by atoms with Crippen LogP contribution in [-0.4, -0.2) is 7.85 Å². The minimum absolute atomic E-state index is 1.23. The van der Waals surface area contributed by atoms with Crippen LogP contribution in [0, 0.1) is 6.92 Å². The SMILES string of the molecule is Bc1ccc(C=C)c(C)c1. The van der Waals surface area contributed by atoms with Crippen molar-refractivity contribution in [3.05, 3.63) is 35.9 Å². The Morgan fingerprint density at radius 2 is 2.20 bits per heavy atom. The number of aryl methyl sites for hydroxylation is 1. The maximum absolute atomic E-state index is 3.72. The third-order valence-corrected chi connectivity index (χ3v) is 1.65. The topological polar surface area (TPSA) is 0 Å². The molecule has 0 nitrogen and oxygen atoms in total. The van der Waals surface area contributed by atoms with Gasteiger partial charge in [-0.2, -0.15) is 0 Å². The summed E-state index contributed by atoms with van der Waals surface area (Å²) in [5, 5.41) is 0. The Labute approximate surface area is 63.0 Å². The molecule has 1 aromatic carbocycles. The van der Waals surface area contributed by atoms with Gasteiger partial charge in [-0.15, -0.1) is 0 Å². The average molecular weight is 130 g/mol. The van der Waals surface area contributed by atoms with Gasteiger partial charge < -0.3 is 0 Å². The molecule has 0 aliphatic heterocycles. The largest absolute Gasteiger partial charge is 0.139 e. The van der Waals surface area contributed by atoms with Crippen LogP contribution in [0.2, 0.25) is 0 Å². The molecule has 10 heavy (non-hydrogen) atoms. The van der Waals surface area contributed by atoms with Crippen LogP contribution >= 0.6 is 0 Å². The predicted octanol–water partition coefficient (Wildman–Crippen LogP) is 0.896. The number of rotatable bonds is 1. The molecule has 0 spiro atoms. The molecular weight excluding hydrogens is 119 g/mol. The monoisotopic (exact) mass is 130 g/mol. The van der Waals surface area contributed by atoms with Crippen molar-refractivity contribution in [1.82, 2.24) is 0 Å². The van der Waals surface area contributed by atoms with Crippen molar-refractivity contribution in [2.75, 3.05) is 0 Å². The van der Waals surface area contributed by atoms with E-state index in [0.717, 1.165) is 0 Å². The van der Waals surface area contributed by atoms with Crippen molar-refractivity contribution in [1.29, 1.82) is 0 Å². The highest BCUT2D eigenvalue weighted by molar-refractivity contribution is 6.32. The zero-order valence-corrected chi connectivity index (χ0v) is 6.52. The summed E-state index contributed by atoms with van der Waals surface area (Å²) in [6, 6.07) is 6.36. The van der Waals surface area contributed by atoms with Gasteiger partial charge in [0, 0.05) is 0 Å². The first kappa shape index (κ1) is 7.14. The van der Waals surface area contributed by atoms with Gasteiger partial charge in [0.2, 0.25) is 0 Å². The van der Waals surface area contributed by atoms with E-state index in [1.165, 1.54) is 16.6 Å². The summed E-state index contributed by atoms with van der Waals surface area (Å²) in [5.41, 5.74) is 3.84. The molecule has 1 aromatic rings. The van der Waals surface area contributed by atoms with E-state index in [-0.39, 0.29) is 0 Å². The molecule has 0 saturated heterocycles.